The summed E-state index contributed by atoms with van der Waals surface area (Å²) in [4.78, 5) is 14.7. The van der Waals surface area contributed by atoms with E-state index in [1.165, 1.54) is 18.5 Å². The van der Waals surface area contributed by atoms with E-state index in [0.717, 1.165) is 11.6 Å². The summed E-state index contributed by atoms with van der Waals surface area (Å²) in [6, 6.07) is 1.94. The van der Waals surface area contributed by atoms with Gasteiger partial charge in [0.2, 0.25) is 0 Å². The zero-order chi connectivity index (χ0) is 10.3. The maximum absolute atomic E-state index is 5.14. The molecule has 0 atom stereocenters. The highest BCUT2D eigenvalue weighted by molar-refractivity contribution is 7.71. The van der Waals surface area contributed by atoms with E-state index < -0.39 is 0 Å². The number of aromatic amines is 2. The van der Waals surface area contributed by atoms with Crippen molar-refractivity contribution in [1.29, 1.82) is 0 Å². The van der Waals surface area contributed by atoms with Crippen LogP contribution in [0, 0.1) is 4.64 Å². The third kappa shape index (κ3) is 1.70. The van der Waals surface area contributed by atoms with Gasteiger partial charge in [0, 0.05) is 18.1 Å². The molecule has 1 fully saturated rings. The maximum atomic E-state index is 5.14. The van der Waals surface area contributed by atoms with Gasteiger partial charge in [0.25, 0.3) is 0 Å². The van der Waals surface area contributed by atoms with Crippen molar-refractivity contribution in [3.8, 4) is 11.6 Å². The summed E-state index contributed by atoms with van der Waals surface area (Å²) < 4.78 is 0.627. The molecule has 1 aliphatic carbocycles. The van der Waals surface area contributed by atoms with Crippen LogP contribution in [0.15, 0.2) is 18.5 Å². The van der Waals surface area contributed by atoms with Crippen molar-refractivity contribution >= 4 is 12.2 Å². The fourth-order valence-corrected chi connectivity index (χ4v) is 1.82. The first-order valence-electron chi connectivity index (χ1n) is 4.94. The molecule has 2 aromatic heterocycles. The van der Waals surface area contributed by atoms with Crippen LogP contribution in [0.1, 0.15) is 24.5 Å². The molecule has 0 radical (unpaired) electrons. The molecule has 1 saturated carbocycles. The predicted octanol–water partition coefficient (Wildman–Crippen LogP) is 2.41. The van der Waals surface area contributed by atoms with E-state index in [-0.39, 0.29) is 0 Å². The Hall–Kier alpha value is -1.49. The number of hydrogen-bond acceptors (Lipinski definition) is 3. The fourth-order valence-electron chi connectivity index (χ4n) is 1.60. The molecule has 1 aliphatic rings. The van der Waals surface area contributed by atoms with Crippen LogP contribution >= 0.6 is 12.2 Å². The van der Waals surface area contributed by atoms with Crippen molar-refractivity contribution in [3.05, 3.63) is 28.8 Å². The Labute approximate surface area is 91.8 Å². The summed E-state index contributed by atoms with van der Waals surface area (Å²) in [5.74, 6) is 2.11. The number of imidazole rings is 1. The number of rotatable bonds is 2. The minimum Gasteiger partial charge on any atom is -0.342 e. The van der Waals surface area contributed by atoms with Gasteiger partial charge in [-0.05, 0) is 24.8 Å². The van der Waals surface area contributed by atoms with E-state index in [9.17, 15) is 0 Å². The van der Waals surface area contributed by atoms with Crippen molar-refractivity contribution in [2.45, 2.75) is 18.8 Å². The summed E-state index contributed by atoms with van der Waals surface area (Å²) in [5.41, 5.74) is 1.18. The largest absolute Gasteiger partial charge is 0.342 e. The van der Waals surface area contributed by atoms with Gasteiger partial charge in [-0.3, -0.25) is 0 Å². The monoisotopic (exact) mass is 218 g/mol. The van der Waals surface area contributed by atoms with Gasteiger partial charge >= 0.3 is 0 Å². The molecule has 2 aromatic rings. The van der Waals surface area contributed by atoms with Crippen LogP contribution in [-0.4, -0.2) is 19.9 Å². The Morgan fingerprint density at radius 2 is 2.20 bits per heavy atom. The molecule has 0 aliphatic heterocycles. The molecule has 4 nitrogen and oxygen atoms in total. The van der Waals surface area contributed by atoms with Gasteiger partial charge in [-0.1, -0.05) is 12.2 Å². The number of hydrogen-bond donors (Lipinski definition) is 2. The molecule has 0 amide bonds. The smallest absolute Gasteiger partial charge is 0.175 e. The molecule has 2 N–H and O–H groups in total. The van der Waals surface area contributed by atoms with Crippen LogP contribution in [-0.2, 0) is 0 Å². The summed E-state index contributed by atoms with van der Waals surface area (Å²) in [6.45, 7) is 0. The first kappa shape index (κ1) is 8.79. The van der Waals surface area contributed by atoms with Crippen LogP contribution in [0.3, 0.4) is 0 Å². The molecular formula is C10H10N4S. The summed E-state index contributed by atoms with van der Waals surface area (Å²) in [7, 11) is 0. The molecule has 0 aromatic carbocycles. The molecule has 2 heterocycles. The Balaban J connectivity index is 2.11. The molecule has 0 saturated heterocycles. The molecule has 0 unspecified atom stereocenters. The molecule has 0 spiro atoms. The number of aromatic nitrogens is 4. The van der Waals surface area contributed by atoms with Crippen LogP contribution in [0.25, 0.3) is 11.6 Å². The highest BCUT2D eigenvalue weighted by Crippen LogP contribution is 2.39. The van der Waals surface area contributed by atoms with Crippen molar-refractivity contribution < 1.29 is 0 Å². The van der Waals surface area contributed by atoms with Crippen LogP contribution in [0.5, 0.6) is 0 Å². The highest BCUT2D eigenvalue weighted by atomic mass is 32.1. The number of nitrogens with zero attached hydrogens (tertiary/aromatic N) is 2. The number of H-pyrrole nitrogens is 2. The molecule has 15 heavy (non-hydrogen) atoms. The summed E-state index contributed by atoms with van der Waals surface area (Å²) in [5, 5.41) is 0. The summed E-state index contributed by atoms with van der Waals surface area (Å²) >= 11 is 5.14. The second kappa shape index (κ2) is 3.27. The number of nitrogens with one attached hydrogen (secondary N) is 2. The topological polar surface area (TPSA) is 57.4 Å². The zero-order valence-electron chi connectivity index (χ0n) is 8.03. The van der Waals surface area contributed by atoms with Crippen molar-refractivity contribution in [2.75, 3.05) is 0 Å². The average molecular weight is 218 g/mol. The van der Waals surface area contributed by atoms with Crippen LogP contribution < -0.4 is 0 Å². The molecule has 76 valence electrons. The maximum Gasteiger partial charge on any atom is 0.175 e. The van der Waals surface area contributed by atoms with E-state index >= 15 is 0 Å². The lowest BCUT2D eigenvalue weighted by Crippen LogP contribution is -1.95. The van der Waals surface area contributed by atoms with E-state index in [1.54, 1.807) is 12.4 Å². The highest BCUT2D eigenvalue weighted by Gasteiger charge is 2.24. The SMILES string of the molecule is S=c1cc(C2CC2)[nH]c(-c2ncc[nH]2)n1. The summed E-state index contributed by atoms with van der Waals surface area (Å²) in [6.07, 6.45) is 5.97. The van der Waals surface area contributed by atoms with Crippen LogP contribution in [0.4, 0.5) is 0 Å². The minimum absolute atomic E-state index is 0.627. The van der Waals surface area contributed by atoms with E-state index in [0.29, 0.717) is 10.6 Å². The molecule has 5 heteroatoms. The first-order chi connectivity index (χ1) is 7.33. The Morgan fingerprint density at radius 3 is 2.87 bits per heavy atom. The van der Waals surface area contributed by atoms with E-state index in [4.69, 9.17) is 12.2 Å². The van der Waals surface area contributed by atoms with Gasteiger partial charge in [-0.15, -0.1) is 0 Å². The second-order valence-corrected chi connectivity index (χ2v) is 4.15. The second-order valence-electron chi connectivity index (χ2n) is 3.74. The normalized spacial score (nSPS) is 15.5. The third-order valence-electron chi connectivity index (χ3n) is 2.50. The Bertz CT molecular complexity index is 525. The first-order valence-corrected chi connectivity index (χ1v) is 5.35. The zero-order valence-corrected chi connectivity index (χ0v) is 8.84. The van der Waals surface area contributed by atoms with Gasteiger partial charge in [0.05, 0.1) is 0 Å². The third-order valence-corrected chi connectivity index (χ3v) is 2.71. The van der Waals surface area contributed by atoms with Gasteiger partial charge < -0.3 is 9.97 Å². The Morgan fingerprint density at radius 1 is 1.33 bits per heavy atom. The molecular weight excluding hydrogens is 208 g/mol. The van der Waals surface area contributed by atoms with Gasteiger partial charge in [0.15, 0.2) is 11.6 Å². The molecule has 3 rings (SSSR count). The lowest BCUT2D eigenvalue weighted by Gasteiger charge is -2.01. The van der Waals surface area contributed by atoms with Crippen molar-refractivity contribution in [1.82, 2.24) is 19.9 Å². The van der Waals surface area contributed by atoms with Crippen LogP contribution in [0.2, 0.25) is 0 Å². The predicted molar refractivity (Wildman–Crippen MR) is 59.0 cm³/mol. The van der Waals surface area contributed by atoms with Gasteiger partial charge in [-0.25, -0.2) is 9.97 Å². The van der Waals surface area contributed by atoms with Gasteiger partial charge in [-0.2, -0.15) is 0 Å². The van der Waals surface area contributed by atoms with Crippen molar-refractivity contribution in [2.24, 2.45) is 0 Å². The van der Waals surface area contributed by atoms with Gasteiger partial charge in [0.1, 0.15) is 4.64 Å². The Kier molecular flexibility index (Phi) is 1.92. The quantitative estimate of drug-likeness (QED) is 0.761. The van der Waals surface area contributed by atoms with E-state index in [2.05, 4.69) is 19.9 Å². The lowest BCUT2D eigenvalue weighted by molar-refractivity contribution is 0.976. The molecule has 0 bridgehead atoms. The lowest BCUT2D eigenvalue weighted by atomic mass is 10.3. The minimum atomic E-state index is 0.627. The average Bonchev–Trinajstić information content (AvgIpc) is 2.93. The standard InChI is InChI=1S/C10H10N4S/c15-8-5-7(6-1-2-6)13-10(14-8)9-11-3-4-12-9/h3-6H,1-2H2,(H,11,12)(H,13,14,15). The van der Waals surface area contributed by atoms with Crippen molar-refractivity contribution in [3.63, 3.8) is 0 Å². The fraction of sp³-hybridized carbons (Fsp3) is 0.300. The van der Waals surface area contributed by atoms with E-state index in [1.807, 2.05) is 6.07 Å².